The number of sulfone groups is 1. The van der Waals surface area contributed by atoms with Crippen LogP contribution in [0.1, 0.15) is 25.8 Å². The normalized spacial score (nSPS) is 21.4. The van der Waals surface area contributed by atoms with Crippen LogP contribution in [-0.2, 0) is 9.84 Å². The van der Waals surface area contributed by atoms with Crippen molar-refractivity contribution in [2.75, 3.05) is 29.5 Å². The lowest BCUT2D eigenvalue weighted by Gasteiger charge is -2.20. The first-order valence-electron chi connectivity index (χ1n) is 7.12. The first-order chi connectivity index (χ1) is 9.54. The fraction of sp³-hybridized carbons (Fsp3) is 0.533. The molecule has 1 fully saturated rings. The van der Waals surface area contributed by atoms with Gasteiger partial charge in [-0.05, 0) is 38.0 Å². The van der Waals surface area contributed by atoms with Crippen LogP contribution in [0.5, 0.6) is 0 Å². The summed E-state index contributed by atoms with van der Waals surface area (Å²) >= 11 is 0. The van der Waals surface area contributed by atoms with Crippen molar-refractivity contribution in [1.82, 2.24) is 0 Å². The van der Waals surface area contributed by atoms with E-state index in [0.29, 0.717) is 6.42 Å². The van der Waals surface area contributed by atoms with E-state index in [1.807, 2.05) is 12.1 Å². The molecule has 0 aliphatic carbocycles. The van der Waals surface area contributed by atoms with E-state index in [2.05, 4.69) is 35.9 Å². The fourth-order valence-corrected chi connectivity index (χ4v) is 4.08. The van der Waals surface area contributed by atoms with Crippen molar-refractivity contribution in [3.63, 3.8) is 0 Å². The van der Waals surface area contributed by atoms with Gasteiger partial charge in [-0.3, -0.25) is 4.99 Å². The lowest BCUT2D eigenvalue weighted by Crippen LogP contribution is -2.21. The van der Waals surface area contributed by atoms with Gasteiger partial charge >= 0.3 is 0 Å². The van der Waals surface area contributed by atoms with E-state index >= 15 is 0 Å². The molecule has 1 aliphatic heterocycles. The van der Waals surface area contributed by atoms with Gasteiger partial charge in [0.15, 0.2) is 9.84 Å². The van der Waals surface area contributed by atoms with E-state index in [-0.39, 0.29) is 17.5 Å². The highest BCUT2D eigenvalue weighted by atomic mass is 32.2. The molecule has 110 valence electrons. The Morgan fingerprint density at radius 3 is 2.40 bits per heavy atom. The first kappa shape index (κ1) is 15.0. The quantitative estimate of drug-likeness (QED) is 0.782. The van der Waals surface area contributed by atoms with Crippen molar-refractivity contribution in [2.45, 2.75) is 26.3 Å². The van der Waals surface area contributed by atoms with E-state index in [4.69, 9.17) is 0 Å². The van der Waals surface area contributed by atoms with Gasteiger partial charge in [-0.1, -0.05) is 12.1 Å². The molecular weight excluding hydrogens is 272 g/mol. The summed E-state index contributed by atoms with van der Waals surface area (Å²) in [5.74, 6) is 0.469. The molecule has 1 aliphatic rings. The molecule has 4 nitrogen and oxygen atoms in total. The molecule has 0 N–H and O–H groups in total. The van der Waals surface area contributed by atoms with Crippen LogP contribution in [0.4, 0.5) is 5.69 Å². The lowest BCUT2D eigenvalue weighted by molar-refractivity contribution is 0.601. The van der Waals surface area contributed by atoms with E-state index in [1.165, 1.54) is 5.69 Å². The monoisotopic (exact) mass is 294 g/mol. The maximum absolute atomic E-state index is 11.4. The molecule has 2 rings (SSSR count). The zero-order valence-electron chi connectivity index (χ0n) is 12.1. The van der Waals surface area contributed by atoms with Gasteiger partial charge in [-0.15, -0.1) is 0 Å². The third-order valence-corrected chi connectivity index (χ3v) is 5.41. The minimum absolute atomic E-state index is 0.0672. The zero-order valence-corrected chi connectivity index (χ0v) is 12.9. The molecule has 0 bridgehead atoms. The molecule has 0 amide bonds. The molecule has 1 saturated heterocycles. The number of nitrogens with zero attached hydrogens (tertiary/aromatic N) is 2. The third kappa shape index (κ3) is 3.82. The Kier molecular flexibility index (Phi) is 4.81. The van der Waals surface area contributed by atoms with Crippen LogP contribution in [0.2, 0.25) is 0 Å². The number of rotatable bonds is 5. The summed E-state index contributed by atoms with van der Waals surface area (Å²) in [5, 5.41) is 0. The van der Waals surface area contributed by atoms with E-state index in [0.717, 1.165) is 18.7 Å². The summed E-state index contributed by atoms with van der Waals surface area (Å²) in [4.78, 5) is 6.67. The summed E-state index contributed by atoms with van der Waals surface area (Å²) in [6, 6.07) is 8.16. The topological polar surface area (TPSA) is 49.7 Å². The number of hydrogen-bond acceptors (Lipinski definition) is 4. The molecule has 1 unspecified atom stereocenters. The Labute approximate surface area is 121 Å². The second-order valence-electron chi connectivity index (χ2n) is 5.10. The van der Waals surface area contributed by atoms with Gasteiger partial charge in [0.1, 0.15) is 0 Å². The van der Waals surface area contributed by atoms with Crippen molar-refractivity contribution < 1.29 is 8.42 Å². The summed E-state index contributed by atoms with van der Waals surface area (Å²) < 4.78 is 22.7. The van der Waals surface area contributed by atoms with E-state index in [1.54, 1.807) is 6.21 Å². The smallest absolute Gasteiger partial charge is 0.152 e. The predicted octanol–water partition coefficient (Wildman–Crippen LogP) is 2.14. The molecule has 1 aromatic rings. The molecule has 1 heterocycles. The molecule has 1 atom stereocenters. The van der Waals surface area contributed by atoms with Crippen molar-refractivity contribution in [1.29, 1.82) is 0 Å². The van der Waals surface area contributed by atoms with Gasteiger partial charge in [0, 0.05) is 25.0 Å². The van der Waals surface area contributed by atoms with Crippen molar-refractivity contribution in [3.8, 4) is 0 Å². The first-order valence-corrected chi connectivity index (χ1v) is 8.95. The minimum Gasteiger partial charge on any atom is -0.372 e. The van der Waals surface area contributed by atoms with Gasteiger partial charge in [0.2, 0.25) is 0 Å². The zero-order chi connectivity index (χ0) is 14.6. The summed E-state index contributed by atoms with van der Waals surface area (Å²) in [7, 11) is -2.85. The molecule has 0 spiro atoms. The highest BCUT2D eigenvalue weighted by Crippen LogP contribution is 2.16. The second kappa shape index (κ2) is 6.39. The van der Waals surface area contributed by atoms with Crippen molar-refractivity contribution in [2.24, 2.45) is 4.99 Å². The highest BCUT2D eigenvalue weighted by Gasteiger charge is 2.26. The predicted molar refractivity (Wildman–Crippen MR) is 84.7 cm³/mol. The Hall–Kier alpha value is -1.36. The molecule has 0 radical (unpaired) electrons. The number of benzene rings is 1. The molecule has 0 aromatic heterocycles. The second-order valence-corrected chi connectivity index (χ2v) is 7.33. The van der Waals surface area contributed by atoms with Gasteiger partial charge in [-0.2, -0.15) is 0 Å². The lowest BCUT2D eigenvalue weighted by atomic mass is 10.2. The Morgan fingerprint density at radius 2 is 1.90 bits per heavy atom. The van der Waals surface area contributed by atoms with Crippen LogP contribution >= 0.6 is 0 Å². The maximum atomic E-state index is 11.4. The minimum atomic E-state index is -2.85. The van der Waals surface area contributed by atoms with Crippen LogP contribution in [0.3, 0.4) is 0 Å². The van der Waals surface area contributed by atoms with Gasteiger partial charge in [0.05, 0.1) is 17.5 Å². The van der Waals surface area contributed by atoms with Crippen LogP contribution < -0.4 is 4.90 Å². The SMILES string of the molecule is CCN(CC)c1ccc(C=NC2CCS(=O)(=O)C2)cc1. The van der Waals surface area contributed by atoms with Crippen LogP contribution in [0.25, 0.3) is 0 Å². The molecular formula is C15H22N2O2S. The van der Waals surface area contributed by atoms with Gasteiger partial charge in [0.25, 0.3) is 0 Å². The van der Waals surface area contributed by atoms with Crippen molar-refractivity contribution >= 4 is 21.7 Å². The maximum Gasteiger partial charge on any atom is 0.152 e. The van der Waals surface area contributed by atoms with Crippen LogP contribution in [0, 0.1) is 0 Å². The fourth-order valence-electron chi connectivity index (χ4n) is 2.44. The number of anilines is 1. The average Bonchev–Trinajstić information content (AvgIpc) is 2.79. The molecule has 0 saturated carbocycles. The van der Waals surface area contributed by atoms with Gasteiger partial charge in [-0.25, -0.2) is 8.42 Å². The van der Waals surface area contributed by atoms with Gasteiger partial charge < -0.3 is 4.90 Å². The summed E-state index contributed by atoms with van der Waals surface area (Å²) in [6.07, 6.45) is 2.44. The Bertz CT molecular complexity index is 560. The summed E-state index contributed by atoms with van der Waals surface area (Å²) in [5.41, 5.74) is 2.22. The number of hydrogen-bond donors (Lipinski definition) is 0. The molecule has 20 heavy (non-hydrogen) atoms. The highest BCUT2D eigenvalue weighted by molar-refractivity contribution is 7.91. The summed E-state index contributed by atoms with van der Waals surface area (Å²) in [6.45, 7) is 6.26. The van der Waals surface area contributed by atoms with E-state index < -0.39 is 9.84 Å². The third-order valence-electron chi connectivity index (χ3n) is 3.66. The van der Waals surface area contributed by atoms with Crippen LogP contribution in [0.15, 0.2) is 29.3 Å². The average molecular weight is 294 g/mol. The number of aliphatic imine (C=N–C) groups is 1. The largest absolute Gasteiger partial charge is 0.372 e. The van der Waals surface area contributed by atoms with Crippen molar-refractivity contribution in [3.05, 3.63) is 29.8 Å². The standard InChI is InChI=1S/C15H22N2O2S/c1-3-17(4-2)15-7-5-13(6-8-15)11-16-14-9-10-20(18,19)12-14/h5-8,11,14H,3-4,9-10,12H2,1-2H3. The Balaban J connectivity index is 2.00. The van der Waals surface area contributed by atoms with Crippen LogP contribution in [-0.4, -0.2) is 45.3 Å². The Morgan fingerprint density at radius 1 is 1.25 bits per heavy atom. The molecule has 1 aromatic carbocycles. The van der Waals surface area contributed by atoms with E-state index in [9.17, 15) is 8.42 Å². The molecule has 5 heteroatoms.